The van der Waals surface area contributed by atoms with Gasteiger partial charge < -0.3 is 42.5 Å². The molecular weight excluding hydrogens is 188 g/mol. The van der Waals surface area contributed by atoms with Crippen LogP contribution in [0.5, 0.6) is 0 Å². The maximum absolute atomic E-state index is 8.25. The summed E-state index contributed by atoms with van der Waals surface area (Å²) in [7, 11) is 0. The van der Waals surface area contributed by atoms with Gasteiger partial charge in [0, 0.05) is 0 Å². The lowest BCUT2D eigenvalue weighted by Gasteiger charge is -1.74. The zero-order valence-corrected chi connectivity index (χ0v) is 7.47. The molecule has 0 atom stereocenters. The van der Waals surface area contributed by atoms with E-state index in [9.17, 15) is 0 Å². The Bertz CT molecular complexity index is 96.4. The molecule has 0 rings (SSSR count). The first-order valence-corrected chi connectivity index (χ1v) is 2.80. The van der Waals surface area contributed by atoms with Gasteiger partial charge in [-0.2, -0.15) is 0 Å². The van der Waals surface area contributed by atoms with Gasteiger partial charge in [-0.05, 0) is 6.42 Å². The average molecular weight is 202 g/mol. The van der Waals surface area contributed by atoms with Gasteiger partial charge in [-0.3, -0.25) is 0 Å². The summed E-state index contributed by atoms with van der Waals surface area (Å²) in [6, 6.07) is 0. The summed E-state index contributed by atoms with van der Waals surface area (Å²) in [6.45, 7) is 3.19. The van der Waals surface area contributed by atoms with Crippen LogP contribution in [0.3, 0.4) is 0 Å². The molecule has 0 heterocycles. The van der Waals surface area contributed by atoms with E-state index in [0.29, 0.717) is 0 Å². The molecular formula is C3H14N4O6. The molecule has 7 N–H and O–H groups in total. The second kappa shape index (κ2) is 22.4. The smallest absolute Gasteiger partial charge is 0.0737 e. The third-order valence-corrected chi connectivity index (χ3v) is 0.354. The first kappa shape index (κ1) is 22.5. The van der Waals surface area contributed by atoms with E-state index in [1.165, 1.54) is 6.42 Å². The summed E-state index contributed by atoms with van der Waals surface area (Å²) in [5.41, 5.74) is 3.60. The molecule has 82 valence electrons. The largest absolute Gasteiger partial charge is 0.369 e. The predicted octanol–water partition coefficient (Wildman–Crippen LogP) is -0.464. The zero-order chi connectivity index (χ0) is 10.6. The van der Waals surface area contributed by atoms with Crippen molar-refractivity contribution in [1.82, 2.24) is 6.15 Å². The molecule has 0 radical (unpaired) electrons. The number of hydrogen-bond acceptors (Lipinski definition) is 6. The second-order valence-electron chi connectivity index (χ2n) is 1.30. The fraction of sp³-hybridized carbons (Fsp3) is 1.00. The monoisotopic (exact) mass is 202 g/mol. The van der Waals surface area contributed by atoms with Gasteiger partial charge in [0.15, 0.2) is 0 Å². The number of rotatable bonds is 1. The molecule has 0 saturated heterocycles. The molecule has 0 aliphatic rings. The van der Waals surface area contributed by atoms with E-state index in [0.717, 1.165) is 6.54 Å². The lowest BCUT2D eigenvalue weighted by Crippen LogP contribution is -2.49. The van der Waals surface area contributed by atoms with Gasteiger partial charge in [0.25, 0.3) is 0 Å². The maximum Gasteiger partial charge on any atom is 0.0737 e. The summed E-state index contributed by atoms with van der Waals surface area (Å²) in [5, 5.41) is 29.5. The molecule has 10 nitrogen and oxygen atoms in total. The van der Waals surface area contributed by atoms with Crippen molar-refractivity contribution in [1.29, 1.82) is 0 Å². The fourth-order valence-corrected chi connectivity index (χ4v) is 0. The van der Waals surface area contributed by atoms with Gasteiger partial charge >= 0.3 is 0 Å². The number of nitrogens with zero attached hydrogens (tertiary/aromatic N) is 2. The first-order chi connectivity index (χ1) is 5.38. The summed E-state index contributed by atoms with van der Waals surface area (Å²) in [4.78, 5) is 16.5. The van der Waals surface area contributed by atoms with Crippen LogP contribution < -0.4 is 11.9 Å². The summed E-state index contributed by atoms with van der Waals surface area (Å²) in [6.07, 6.45) is 1.21. The Morgan fingerprint density at radius 1 is 1.08 bits per heavy atom. The third kappa shape index (κ3) is 1540. The number of quaternary nitrogens is 2. The van der Waals surface area contributed by atoms with E-state index < -0.39 is 10.2 Å². The molecule has 0 aromatic heterocycles. The minimum absolute atomic E-state index is 0. The Kier molecular flexibility index (Phi) is 38.8. The summed E-state index contributed by atoms with van der Waals surface area (Å²) >= 11 is 0. The van der Waals surface area contributed by atoms with Crippen LogP contribution in [-0.2, 0) is 0 Å². The Labute approximate surface area is 73.8 Å². The quantitative estimate of drug-likeness (QED) is 0.425. The molecule has 0 aromatic rings. The molecule has 0 amide bonds. The summed E-state index contributed by atoms with van der Waals surface area (Å²) < 4.78 is 0. The van der Waals surface area contributed by atoms with E-state index in [4.69, 9.17) is 30.6 Å². The van der Waals surface area contributed by atoms with Crippen LogP contribution in [0.25, 0.3) is 0 Å². The molecule has 0 aliphatic carbocycles. The molecule has 0 fully saturated rings. The highest BCUT2D eigenvalue weighted by atomic mass is 16.9. The van der Waals surface area contributed by atoms with E-state index in [1.54, 1.807) is 0 Å². The van der Waals surface area contributed by atoms with E-state index in [1.807, 2.05) is 0 Å². The van der Waals surface area contributed by atoms with Gasteiger partial charge in [-0.25, -0.2) is 0 Å². The Morgan fingerprint density at radius 2 is 1.15 bits per heavy atom. The lowest BCUT2D eigenvalue weighted by atomic mass is 10.5. The first-order valence-electron chi connectivity index (χ1n) is 2.80. The molecule has 0 unspecified atom stereocenters. The standard InChI is InChI=1S/C3H9N.2NO3.H3N/c1-2-3-4;2*2-1(3)4;/h2-4H2,1H3;;;1H3/q;2*-1;/p+2. The molecule has 0 spiro atoms. The second-order valence-corrected chi connectivity index (χ2v) is 1.30. The highest BCUT2D eigenvalue weighted by Gasteiger charge is 1.59. The van der Waals surface area contributed by atoms with Crippen LogP contribution in [0.4, 0.5) is 0 Å². The highest BCUT2D eigenvalue weighted by molar-refractivity contribution is 4.07. The van der Waals surface area contributed by atoms with Gasteiger partial charge in [-0.15, -0.1) is 0 Å². The van der Waals surface area contributed by atoms with Crippen LogP contribution in [-0.4, -0.2) is 16.7 Å². The van der Waals surface area contributed by atoms with Crippen LogP contribution in [0, 0.1) is 30.6 Å². The Hall–Kier alpha value is -1.68. The van der Waals surface area contributed by atoms with Crippen molar-refractivity contribution in [3.05, 3.63) is 30.6 Å². The number of hydrogen-bond donors (Lipinski definition) is 2. The van der Waals surface area contributed by atoms with Crippen molar-refractivity contribution in [2.75, 3.05) is 6.54 Å². The van der Waals surface area contributed by atoms with E-state index in [-0.39, 0.29) is 6.15 Å². The van der Waals surface area contributed by atoms with Crippen LogP contribution in [0.2, 0.25) is 0 Å². The lowest BCUT2D eigenvalue weighted by molar-refractivity contribution is -0.403. The van der Waals surface area contributed by atoms with Crippen molar-refractivity contribution in [2.24, 2.45) is 0 Å². The Balaban J connectivity index is -0.0000000450. The van der Waals surface area contributed by atoms with Crippen LogP contribution in [0.1, 0.15) is 13.3 Å². The van der Waals surface area contributed by atoms with Crippen molar-refractivity contribution in [2.45, 2.75) is 13.3 Å². The van der Waals surface area contributed by atoms with Gasteiger partial charge in [0.1, 0.15) is 0 Å². The fourth-order valence-electron chi connectivity index (χ4n) is 0. The minimum atomic E-state index is -1.75. The van der Waals surface area contributed by atoms with Crippen LogP contribution >= 0.6 is 0 Å². The average Bonchev–Trinajstić information content (AvgIpc) is 1.85. The summed E-state index contributed by atoms with van der Waals surface area (Å²) in [5.74, 6) is 0. The SMILES string of the molecule is CCC[NH3+].O=[N+]([O-])[O-].O=[N+]([O-])[O-].[NH4+]. The van der Waals surface area contributed by atoms with Gasteiger partial charge in [0.05, 0.1) is 16.7 Å². The normalized spacial score (nSPS) is 6.00. The topological polar surface area (TPSA) is 197 Å². The van der Waals surface area contributed by atoms with Gasteiger partial charge in [0.2, 0.25) is 0 Å². The zero-order valence-electron chi connectivity index (χ0n) is 7.47. The predicted molar refractivity (Wildman–Crippen MR) is 44.8 cm³/mol. The molecule has 0 bridgehead atoms. The molecule has 0 aromatic carbocycles. The highest BCUT2D eigenvalue weighted by Crippen LogP contribution is 1.54. The van der Waals surface area contributed by atoms with Crippen molar-refractivity contribution in [3.8, 4) is 0 Å². The molecule has 13 heavy (non-hydrogen) atoms. The van der Waals surface area contributed by atoms with Crippen molar-refractivity contribution >= 4 is 0 Å². The van der Waals surface area contributed by atoms with E-state index >= 15 is 0 Å². The molecule has 0 aliphatic heterocycles. The van der Waals surface area contributed by atoms with Crippen molar-refractivity contribution < 1.29 is 15.9 Å². The molecule has 10 heteroatoms. The van der Waals surface area contributed by atoms with Crippen molar-refractivity contribution in [3.63, 3.8) is 0 Å². The maximum atomic E-state index is 8.25. The minimum Gasteiger partial charge on any atom is -0.369 e. The Morgan fingerprint density at radius 3 is 1.15 bits per heavy atom. The van der Waals surface area contributed by atoms with E-state index in [2.05, 4.69) is 12.7 Å². The van der Waals surface area contributed by atoms with Gasteiger partial charge in [-0.1, -0.05) is 6.92 Å². The van der Waals surface area contributed by atoms with Crippen LogP contribution in [0.15, 0.2) is 0 Å². The molecule has 0 saturated carbocycles. The third-order valence-electron chi connectivity index (χ3n) is 0.354.